The topological polar surface area (TPSA) is 0 Å². The van der Waals surface area contributed by atoms with Crippen LogP contribution in [0.5, 0.6) is 0 Å². The van der Waals surface area contributed by atoms with E-state index in [1.165, 1.54) is 23.8 Å². The first-order valence-electron chi connectivity index (χ1n) is 7.85. The van der Waals surface area contributed by atoms with Gasteiger partial charge in [0.25, 0.3) is 0 Å². The van der Waals surface area contributed by atoms with Gasteiger partial charge in [0.15, 0.2) is 0 Å². The molecule has 0 aromatic heterocycles. The fourth-order valence-electron chi connectivity index (χ4n) is 2.23. The van der Waals surface area contributed by atoms with Crippen molar-refractivity contribution >= 4 is 0 Å². The van der Waals surface area contributed by atoms with Crippen molar-refractivity contribution in [1.29, 1.82) is 0 Å². The van der Waals surface area contributed by atoms with Crippen LogP contribution in [0.15, 0.2) is 48.5 Å². The maximum absolute atomic E-state index is 12.6. The summed E-state index contributed by atoms with van der Waals surface area (Å²) in [4.78, 5) is 0. The van der Waals surface area contributed by atoms with E-state index in [-0.39, 0.29) is 11.6 Å². The van der Waals surface area contributed by atoms with E-state index in [1.807, 2.05) is 18.2 Å². The molecule has 2 aromatic carbocycles. The van der Waals surface area contributed by atoms with Gasteiger partial charge in [0.2, 0.25) is 0 Å². The van der Waals surface area contributed by atoms with E-state index in [2.05, 4.69) is 27.7 Å². The molecule has 0 aliphatic carbocycles. The van der Waals surface area contributed by atoms with Crippen molar-refractivity contribution in [2.75, 3.05) is 0 Å². The molecule has 0 atom stereocenters. The summed E-state index contributed by atoms with van der Waals surface area (Å²) in [6, 6.07) is 13.5. The average Bonchev–Trinajstić information content (AvgIpc) is 2.41. The van der Waals surface area contributed by atoms with E-state index in [4.69, 9.17) is 0 Å². The lowest BCUT2D eigenvalue weighted by atomic mass is 10.0. The predicted octanol–water partition coefficient (Wildman–Crippen LogP) is 6.05. The molecule has 0 heterocycles. The summed E-state index contributed by atoms with van der Waals surface area (Å²) in [5.74, 6) is 0.943. The monoisotopic (exact) mass is 304 g/mol. The van der Waals surface area contributed by atoms with Gasteiger partial charge < -0.3 is 0 Å². The van der Waals surface area contributed by atoms with Crippen LogP contribution in [0, 0.1) is 23.5 Å². The smallest absolute Gasteiger partial charge is 0.123 e. The zero-order valence-corrected chi connectivity index (χ0v) is 13.9. The molecule has 120 valence electrons. The van der Waals surface area contributed by atoms with Crippen LogP contribution in [0.3, 0.4) is 0 Å². The molecule has 0 bridgehead atoms. The normalized spacial score (nSPS) is 10.5. The molecule has 0 amide bonds. The van der Waals surface area contributed by atoms with Crippen molar-refractivity contribution in [3.05, 3.63) is 71.3 Å². The summed E-state index contributed by atoms with van der Waals surface area (Å²) >= 11 is 0. The highest BCUT2D eigenvalue weighted by molar-refractivity contribution is 5.17. The molecule has 2 rings (SSSR count). The number of hydrogen-bond acceptors (Lipinski definition) is 0. The molecule has 0 aliphatic heterocycles. The Hall–Kier alpha value is -1.70. The lowest BCUT2D eigenvalue weighted by Crippen LogP contribution is -1.93. The summed E-state index contributed by atoms with van der Waals surface area (Å²) in [6.45, 7) is 8.57. The van der Waals surface area contributed by atoms with E-state index in [9.17, 15) is 8.78 Å². The van der Waals surface area contributed by atoms with Gasteiger partial charge in [-0.05, 0) is 60.1 Å². The van der Waals surface area contributed by atoms with Crippen LogP contribution in [-0.2, 0) is 12.8 Å². The highest BCUT2D eigenvalue weighted by atomic mass is 19.1. The lowest BCUT2D eigenvalue weighted by Gasteiger charge is -2.03. The Morgan fingerprint density at radius 3 is 1.73 bits per heavy atom. The molecule has 2 aromatic rings. The third-order valence-electron chi connectivity index (χ3n) is 3.09. The molecule has 0 spiro atoms. The highest BCUT2D eigenvalue weighted by Crippen LogP contribution is 2.09. The first-order chi connectivity index (χ1) is 10.4. The van der Waals surface area contributed by atoms with Gasteiger partial charge in [-0.25, -0.2) is 8.78 Å². The average molecular weight is 304 g/mol. The van der Waals surface area contributed by atoms with Crippen LogP contribution in [0.2, 0.25) is 0 Å². The van der Waals surface area contributed by atoms with Gasteiger partial charge in [-0.1, -0.05) is 52.0 Å². The largest absolute Gasteiger partial charge is 0.207 e. The van der Waals surface area contributed by atoms with Gasteiger partial charge in [0.05, 0.1) is 0 Å². The fraction of sp³-hybridized carbons (Fsp3) is 0.400. The molecule has 0 aliphatic rings. The summed E-state index contributed by atoms with van der Waals surface area (Å²) in [6.07, 6.45) is 1.98. The lowest BCUT2D eigenvalue weighted by molar-refractivity contribution is 0.613. The molecule has 0 fully saturated rings. The second-order valence-corrected chi connectivity index (χ2v) is 6.45. The van der Waals surface area contributed by atoms with Gasteiger partial charge in [0.1, 0.15) is 11.6 Å². The van der Waals surface area contributed by atoms with Gasteiger partial charge in [-0.3, -0.25) is 0 Å². The molecular formula is C20H26F2. The predicted molar refractivity (Wildman–Crippen MR) is 89.9 cm³/mol. The standard InChI is InChI=1S/2C10H13F/c1-8(2)7-9-3-5-10(11)6-4-9;1-8(2)6-9-4-3-5-10(11)7-9/h3-6,8H,7H2,1-2H3;3-5,7-8H,6H2,1-2H3. The Morgan fingerprint density at radius 2 is 1.23 bits per heavy atom. The third kappa shape index (κ3) is 7.92. The van der Waals surface area contributed by atoms with Gasteiger partial charge in [-0.2, -0.15) is 0 Å². The quantitative estimate of drug-likeness (QED) is 0.645. The van der Waals surface area contributed by atoms with E-state index >= 15 is 0 Å². The number of hydrogen-bond donors (Lipinski definition) is 0. The first kappa shape index (κ1) is 18.3. The zero-order chi connectivity index (χ0) is 16.5. The van der Waals surface area contributed by atoms with Crippen molar-refractivity contribution in [1.82, 2.24) is 0 Å². The van der Waals surface area contributed by atoms with Crippen LogP contribution in [-0.4, -0.2) is 0 Å². The minimum atomic E-state index is -0.155. The Balaban J connectivity index is 0.000000220. The number of benzene rings is 2. The Bertz CT molecular complexity index is 542. The van der Waals surface area contributed by atoms with Crippen molar-refractivity contribution in [3.63, 3.8) is 0 Å². The Morgan fingerprint density at radius 1 is 0.682 bits per heavy atom. The second kappa shape index (κ2) is 9.34. The molecule has 0 nitrogen and oxygen atoms in total. The maximum atomic E-state index is 12.6. The molecule has 0 N–H and O–H groups in total. The summed E-state index contributed by atoms with van der Waals surface area (Å²) < 4.78 is 25.0. The molecule has 22 heavy (non-hydrogen) atoms. The molecule has 0 saturated heterocycles. The summed E-state index contributed by atoms with van der Waals surface area (Å²) in [5.41, 5.74) is 2.29. The third-order valence-corrected chi connectivity index (χ3v) is 3.09. The van der Waals surface area contributed by atoms with Crippen molar-refractivity contribution in [3.8, 4) is 0 Å². The first-order valence-corrected chi connectivity index (χ1v) is 7.85. The minimum Gasteiger partial charge on any atom is -0.207 e. The van der Waals surface area contributed by atoms with E-state index < -0.39 is 0 Å². The maximum Gasteiger partial charge on any atom is 0.123 e. The second-order valence-electron chi connectivity index (χ2n) is 6.45. The molecular weight excluding hydrogens is 278 g/mol. The van der Waals surface area contributed by atoms with Crippen molar-refractivity contribution in [2.24, 2.45) is 11.8 Å². The van der Waals surface area contributed by atoms with Crippen LogP contribution >= 0.6 is 0 Å². The van der Waals surface area contributed by atoms with Crippen molar-refractivity contribution in [2.45, 2.75) is 40.5 Å². The van der Waals surface area contributed by atoms with Gasteiger partial charge in [-0.15, -0.1) is 0 Å². The van der Waals surface area contributed by atoms with Crippen LogP contribution < -0.4 is 0 Å². The van der Waals surface area contributed by atoms with Crippen LogP contribution in [0.25, 0.3) is 0 Å². The zero-order valence-electron chi connectivity index (χ0n) is 13.9. The Kier molecular flexibility index (Phi) is 7.79. The van der Waals surface area contributed by atoms with E-state index in [0.29, 0.717) is 11.8 Å². The molecule has 0 saturated carbocycles. The molecule has 0 unspecified atom stereocenters. The van der Waals surface area contributed by atoms with Gasteiger partial charge >= 0.3 is 0 Å². The van der Waals surface area contributed by atoms with Gasteiger partial charge in [0, 0.05) is 0 Å². The van der Waals surface area contributed by atoms with Crippen LogP contribution in [0.4, 0.5) is 8.78 Å². The summed E-state index contributed by atoms with van der Waals surface area (Å²) in [5, 5.41) is 0. The number of halogens is 2. The Labute approximate surface area is 133 Å². The molecule has 0 radical (unpaired) electrons. The van der Waals surface area contributed by atoms with E-state index in [1.54, 1.807) is 12.1 Å². The molecule has 2 heteroatoms. The van der Waals surface area contributed by atoms with Crippen molar-refractivity contribution < 1.29 is 8.78 Å². The SMILES string of the molecule is CC(C)Cc1ccc(F)cc1.CC(C)Cc1cccc(F)c1. The fourth-order valence-corrected chi connectivity index (χ4v) is 2.23. The highest BCUT2D eigenvalue weighted by Gasteiger charge is 1.98. The minimum absolute atomic E-state index is 0.136. The number of rotatable bonds is 4. The van der Waals surface area contributed by atoms with Crippen LogP contribution in [0.1, 0.15) is 38.8 Å². The van der Waals surface area contributed by atoms with E-state index in [0.717, 1.165) is 18.4 Å². The summed E-state index contributed by atoms with van der Waals surface area (Å²) in [7, 11) is 0.